The molecule has 0 aliphatic rings. The van der Waals surface area contributed by atoms with E-state index < -0.39 is 21.7 Å². The molecule has 0 saturated heterocycles. The van der Waals surface area contributed by atoms with Gasteiger partial charge in [0, 0.05) is 19.3 Å². The van der Waals surface area contributed by atoms with E-state index in [1.165, 1.54) is 47.9 Å². The molecule has 32 heavy (non-hydrogen) atoms. The topological polar surface area (TPSA) is 132 Å². The number of imidazole rings is 1. The number of halogens is 3. The Labute approximate surface area is 178 Å². The van der Waals surface area contributed by atoms with E-state index in [9.17, 15) is 21.6 Å². The standard InChI is InChI=1S/C18H13F3N8O2S/c1-3-32(30,31)13-4-11(29-9-10(6-22)7-24-29)8-23-15(13)17-25-12-5-14(18(19,20)21)26-27-16(12)28(17)2/h4-5,7-9H,3H2,1-2H3. The van der Waals surface area contributed by atoms with Gasteiger partial charge in [-0.1, -0.05) is 6.92 Å². The smallest absolute Gasteiger partial charge is 0.309 e. The molecule has 0 N–H and O–H groups in total. The first-order chi connectivity index (χ1) is 15.0. The maximum Gasteiger partial charge on any atom is 0.435 e. The van der Waals surface area contributed by atoms with Gasteiger partial charge in [0.2, 0.25) is 0 Å². The quantitative estimate of drug-likeness (QED) is 0.451. The third-order valence-corrected chi connectivity index (χ3v) is 6.39. The van der Waals surface area contributed by atoms with Gasteiger partial charge in [-0.05, 0) is 6.07 Å². The van der Waals surface area contributed by atoms with Crippen LogP contribution in [0.3, 0.4) is 0 Å². The van der Waals surface area contributed by atoms with E-state index in [1.54, 1.807) is 0 Å². The summed E-state index contributed by atoms with van der Waals surface area (Å²) in [5, 5.41) is 19.8. The van der Waals surface area contributed by atoms with Crippen molar-refractivity contribution < 1.29 is 21.6 Å². The van der Waals surface area contributed by atoms with Crippen LogP contribution >= 0.6 is 0 Å². The highest BCUT2D eigenvalue weighted by atomic mass is 32.2. The first kappa shape index (κ1) is 21.4. The molecule has 0 fully saturated rings. The summed E-state index contributed by atoms with van der Waals surface area (Å²) in [6.45, 7) is 1.45. The molecule has 10 nitrogen and oxygen atoms in total. The molecule has 0 saturated carbocycles. The Kier molecular flexibility index (Phi) is 4.93. The van der Waals surface area contributed by atoms with Crippen LogP contribution in [0.4, 0.5) is 13.2 Å². The second kappa shape index (κ2) is 7.38. The molecule has 4 rings (SSSR count). The minimum absolute atomic E-state index is 0.00498. The van der Waals surface area contributed by atoms with Gasteiger partial charge in [0.15, 0.2) is 27.0 Å². The molecule has 0 spiro atoms. The minimum Gasteiger partial charge on any atom is -0.309 e. The third-order valence-electron chi connectivity index (χ3n) is 4.65. The predicted octanol–water partition coefficient (Wildman–Crippen LogP) is 2.30. The molecule has 4 aromatic heterocycles. The van der Waals surface area contributed by atoms with E-state index in [0.29, 0.717) is 0 Å². The van der Waals surface area contributed by atoms with Gasteiger partial charge in [0.1, 0.15) is 17.3 Å². The fourth-order valence-corrected chi connectivity index (χ4v) is 4.03. The van der Waals surface area contributed by atoms with Crippen LogP contribution in [0.15, 0.2) is 35.6 Å². The molecule has 0 amide bonds. The second-order valence-electron chi connectivity index (χ2n) is 6.66. The highest BCUT2D eigenvalue weighted by molar-refractivity contribution is 7.91. The number of pyridine rings is 1. The molecule has 0 aromatic carbocycles. The van der Waals surface area contributed by atoms with Crippen molar-refractivity contribution in [2.24, 2.45) is 7.05 Å². The average molecular weight is 462 g/mol. The Bertz CT molecular complexity index is 1500. The lowest BCUT2D eigenvalue weighted by molar-refractivity contribution is -0.141. The normalized spacial score (nSPS) is 12.2. The van der Waals surface area contributed by atoms with E-state index in [1.807, 2.05) is 6.07 Å². The zero-order valence-corrected chi connectivity index (χ0v) is 17.3. The Balaban J connectivity index is 1.94. The summed E-state index contributed by atoms with van der Waals surface area (Å²) < 4.78 is 67.2. The Morgan fingerprint density at radius 2 is 1.94 bits per heavy atom. The molecule has 0 unspecified atom stereocenters. The monoisotopic (exact) mass is 462 g/mol. The van der Waals surface area contributed by atoms with Crippen molar-refractivity contribution in [3.05, 3.63) is 42.0 Å². The van der Waals surface area contributed by atoms with E-state index in [-0.39, 0.29) is 44.6 Å². The molecule has 4 aromatic rings. The SMILES string of the molecule is CCS(=O)(=O)c1cc(-n2cc(C#N)cn2)cnc1-c1nc2cc(C(F)(F)F)nnc2n1C. The summed E-state index contributed by atoms with van der Waals surface area (Å²) in [4.78, 5) is 8.19. The fraction of sp³-hybridized carbons (Fsp3) is 0.222. The molecule has 4 heterocycles. The fourth-order valence-electron chi connectivity index (χ4n) is 2.98. The number of hydrogen-bond donors (Lipinski definition) is 0. The van der Waals surface area contributed by atoms with E-state index in [2.05, 4.69) is 25.3 Å². The molecule has 0 atom stereocenters. The maximum atomic E-state index is 13.0. The zero-order valence-electron chi connectivity index (χ0n) is 16.5. The molecule has 0 aliphatic heterocycles. The van der Waals surface area contributed by atoms with Crippen LogP contribution < -0.4 is 0 Å². The summed E-state index contributed by atoms with van der Waals surface area (Å²) in [7, 11) is -2.36. The molecule has 14 heteroatoms. The summed E-state index contributed by atoms with van der Waals surface area (Å²) in [5.41, 5.74) is -0.807. The van der Waals surface area contributed by atoms with Gasteiger partial charge in [0.05, 0.1) is 34.3 Å². The summed E-state index contributed by atoms with van der Waals surface area (Å²) in [5.74, 6) is -0.249. The van der Waals surface area contributed by atoms with Crippen molar-refractivity contribution in [1.82, 2.24) is 34.5 Å². The lowest BCUT2D eigenvalue weighted by Crippen LogP contribution is -2.10. The average Bonchev–Trinajstić information content (AvgIpc) is 3.37. The summed E-state index contributed by atoms with van der Waals surface area (Å²) >= 11 is 0. The van der Waals surface area contributed by atoms with Crippen molar-refractivity contribution in [1.29, 1.82) is 5.26 Å². The maximum absolute atomic E-state index is 13.0. The Morgan fingerprint density at radius 1 is 1.19 bits per heavy atom. The van der Waals surface area contributed by atoms with Gasteiger partial charge in [0.25, 0.3) is 0 Å². The number of alkyl halides is 3. The number of nitriles is 1. The minimum atomic E-state index is -4.71. The van der Waals surface area contributed by atoms with Crippen molar-refractivity contribution in [3.63, 3.8) is 0 Å². The van der Waals surface area contributed by atoms with Crippen LogP contribution in [0.25, 0.3) is 28.4 Å². The lowest BCUT2D eigenvalue weighted by Gasteiger charge is -2.11. The van der Waals surface area contributed by atoms with Crippen LogP contribution in [0.5, 0.6) is 0 Å². The Morgan fingerprint density at radius 3 is 2.56 bits per heavy atom. The molecule has 0 bridgehead atoms. The first-order valence-corrected chi connectivity index (χ1v) is 10.7. The van der Waals surface area contributed by atoms with Gasteiger partial charge in [-0.15, -0.1) is 10.2 Å². The zero-order chi connectivity index (χ0) is 23.3. The van der Waals surface area contributed by atoms with Crippen molar-refractivity contribution >= 4 is 21.0 Å². The number of sulfone groups is 1. The van der Waals surface area contributed by atoms with E-state index in [0.717, 1.165) is 6.07 Å². The van der Waals surface area contributed by atoms with Gasteiger partial charge in [-0.2, -0.15) is 23.5 Å². The van der Waals surface area contributed by atoms with E-state index in [4.69, 9.17) is 5.26 Å². The lowest BCUT2D eigenvalue weighted by atomic mass is 10.3. The predicted molar refractivity (Wildman–Crippen MR) is 104 cm³/mol. The summed E-state index contributed by atoms with van der Waals surface area (Å²) in [6.07, 6.45) is -0.668. The van der Waals surface area contributed by atoms with Crippen LogP contribution in [-0.2, 0) is 23.1 Å². The number of rotatable bonds is 4. The van der Waals surface area contributed by atoms with Crippen molar-refractivity contribution in [3.8, 4) is 23.3 Å². The largest absolute Gasteiger partial charge is 0.435 e. The first-order valence-electron chi connectivity index (χ1n) is 9.01. The van der Waals surface area contributed by atoms with Gasteiger partial charge in [-0.3, -0.25) is 0 Å². The number of aromatic nitrogens is 7. The molecular formula is C18H13F3N8O2S. The van der Waals surface area contributed by atoms with Crippen LogP contribution in [0, 0.1) is 11.3 Å². The number of nitrogens with zero attached hydrogens (tertiary/aromatic N) is 8. The van der Waals surface area contributed by atoms with Crippen molar-refractivity contribution in [2.75, 3.05) is 5.75 Å². The van der Waals surface area contributed by atoms with E-state index >= 15 is 0 Å². The van der Waals surface area contributed by atoms with Crippen LogP contribution in [-0.4, -0.2) is 48.7 Å². The highest BCUT2D eigenvalue weighted by Crippen LogP contribution is 2.32. The third kappa shape index (κ3) is 3.56. The molecular weight excluding hydrogens is 449 g/mol. The highest BCUT2D eigenvalue weighted by Gasteiger charge is 2.34. The van der Waals surface area contributed by atoms with Crippen LogP contribution in [0.2, 0.25) is 0 Å². The van der Waals surface area contributed by atoms with Crippen LogP contribution in [0.1, 0.15) is 18.2 Å². The molecule has 164 valence electrons. The number of fused-ring (bicyclic) bond motifs is 1. The number of aryl methyl sites for hydroxylation is 1. The second-order valence-corrected chi connectivity index (χ2v) is 8.91. The van der Waals surface area contributed by atoms with Gasteiger partial charge >= 0.3 is 6.18 Å². The molecule has 0 aliphatic carbocycles. The number of hydrogen-bond acceptors (Lipinski definition) is 8. The van der Waals surface area contributed by atoms with Crippen molar-refractivity contribution in [2.45, 2.75) is 18.0 Å². The summed E-state index contributed by atoms with van der Waals surface area (Å²) in [6, 6.07) is 3.98. The molecule has 0 radical (unpaired) electrons. The van der Waals surface area contributed by atoms with Gasteiger partial charge in [-0.25, -0.2) is 23.1 Å². The van der Waals surface area contributed by atoms with Gasteiger partial charge < -0.3 is 4.57 Å². The Hall–Kier alpha value is -3.86.